The van der Waals surface area contributed by atoms with Gasteiger partial charge in [0.05, 0.1) is 43.9 Å². The van der Waals surface area contributed by atoms with Gasteiger partial charge in [-0.15, -0.1) is 0 Å². The molecular formula is C53H70N2O19. The second kappa shape index (κ2) is 21.5. The number of allylic oxidation sites excluding steroid dienone is 3. The molecule has 74 heavy (non-hydrogen) atoms. The fourth-order valence-corrected chi connectivity index (χ4v) is 13.3. The highest BCUT2D eigenvalue weighted by Crippen LogP contribution is 2.61. The van der Waals surface area contributed by atoms with Gasteiger partial charge in [0.25, 0.3) is 0 Å². The number of aldehydes is 1. The summed E-state index contributed by atoms with van der Waals surface area (Å²) in [5, 5.41) is 28.5. The Morgan fingerprint density at radius 1 is 0.865 bits per heavy atom. The number of nitro groups is 1. The summed E-state index contributed by atoms with van der Waals surface area (Å²) in [6.45, 7) is 17.7. The van der Waals surface area contributed by atoms with Crippen molar-refractivity contribution >= 4 is 42.0 Å². The lowest BCUT2D eigenvalue weighted by Crippen LogP contribution is -2.65. The lowest BCUT2D eigenvalue weighted by Gasteiger charge is -2.56. The number of rotatable bonds is 10. The number of nitrogens with one attached hydrogen (secondary N) is 1. The number of amides is 1. The van der Waals surface area contributed by atoms with Gasteiger partial charge < -0.3 is 53.1 Å². The molecule has 3 saturated heterocycles. The second-order valence-electron chi connectivity index (χ2n) is 21.7. The summed E-state index contributed by atoms with van der Waals surface area (Å²) in [5.41, 5.74) is -4.96. The summed E-state index contributed by atoms with van der Waals surface area (Å²) in [4.78, 5) is 105. The van der Waals surface area contributed by atoms with Gasteiger partial charge in [0.2, 0.25) is 11.3 Å². The van der Waals surface area contributed by atoms with E-state index >= 15 is 4.79 Å². The zero-order valence-electron chi connectivity index (χ0n) is 44.0. The van der Waals surface area contributed by atoms with E-state index in [0.29, 0.717) is 23.9 Å². The highest BCUT2D eigenvalue weighted by Gasteiger charge is 2.65. The molecule has 3 aliphatic heterocycles. The van der Waals surface area contributed by atoms with Gasteiger partial charge >= 0.3 is 30.0 Å². The molecule has 0 radical (unpaired) electrons. The van der Waals surface area contributed by atoms with Crippen molar-refractivity contribution in [1.29, 1.82) is 0 Å². The van der Waals surface area contributed by atoms with Crippen molar-refractivity contribution in [3.8, 4) is 0 Å². The van der Waals surface area contributed by atoms with Gasteiger partial charge in [0.15, 0.2) is 24.3 Å². The monoisotopic (exact) mass is 1040 g/mol. The molecule has 1 saturated carbocycles. The number of alkyl carbamates (subject to hydrolysis) is 1. The van der Waals surface area contributed by atoms with E-state index in [1.807, 2.05) is 39.0 Å². The van der Waals surface area contributed by atoms with Gasteiger partial charge in [-0.3, -0.25) is 34.1 Å². The van der Waals surface area contributed by atoms with Gasteiger partial charge in [-0.2, -0.15) is 0 Å². The molecule has 21 heteroatoms. The molecule has 0 aromatic carbocycles. The van der Waals surface area contributed by atoms with Gasteiger partial charge in [-0.1, -0.05) is 50.6 Å². The molecule has 1 spiro atoms. The Bertz CT molecular complexity index is 2460. The first-order valence-electron chi connectivity index (χ1n) is 25.2. The molecule has 1 amide bonds. The van der Waals surface area contributed by atoms with E-state index in [1.54, 1.807) is 33.8 Å². The van der Waals surface area contributed by atoms with Crippen molar-refractivity contribution in [3.05, 3.63) is 68.5 Å². The first-order chi connectivity index (χ1) is 34.7. The molecule has 2 N–H and O–H groups in total. The molecule has 7 rings (SSSR count). The number of ether oxygens (including phenoxy) is 9. The molecular weight excluding hydrogens is 969 g/mol. The van der Waals surface area contributed by atoms with Crippen molar-refractivity contribution in [2.75, 3.05) is 7.11 Å². The summed E-state index contributed by atoms with van der Waals surface area (Å²) in [7, 11) is 1.14. The van der Waals surface area contributed by atoms with Crippen molar-refractivity contribution in [3.63, 3.8) is 0 Å². The van der Waals surface area contributed by atoms with Crippen molar-refractivity contribution in [2.24, 2.45) is 40.9 Å². The smallest absolute Gasteiger partial charge is 0.407 e. The first-order valence-corrected chi connectivity index (χ1v) is 25.2. The lowest BCUT2D eigenvalue weighted by atomic mass is 9.49. The molecule has 2 bridgehead atoms. The Balaban J connectivity index is 1.36. The number of aliphatic hydroxyl groups excluding tert-OH is 1. The highest BCUT2D eigenvalue weighted by atomic mass is 16.7. The van der Waals surface area contributed by atoms with Crippen LogP contribution in [-0.4, -0.2) is 132 Å². The van der Waals surface area contributed by atoms with E-state index in [-0.39, 0.29) is 36.7 Å². The maximum absolute atomic E-state index is 15.6. The molecule has 0 aromatic rings. The van der Waals surface area contributed by atoms with Gasteiger partial charge in [-0.05, 0) is 75.5 Å². The van der Waals surface area contributed by atoms with Crippen LogP contribution >= 0.6 is 0 Å². The Labute approximate surface area is 429 Å². The Kier molecular flexibility index (Phi) is 16.2. The highest BCUT2D eigenvalue weighted by molar-refractivity contribution is 6.26. The largest absolute Gasteiger partial charge is 0.511 e. The minimum absolute atomic E-state index is 0.00264. The third kappa shape index (κ3) is 10.3. The van der Waals surface area contributed by atoms with Gasteiger partial charge in [0, 0.05) is 62.7 Å². The number of Topliss-reactive ketones (excluding diaryl/α,β-unsaturated/α-hetero) is 1. The summed E-state index contributed by atoms with van der Waals surface area (Å²) >= 11 is 0. The third-order valence-corrected chi connectivity index (χ3v) is 16.5. The van der Waals surface area contributed by atoms with Gasteiger partial charge in [-0.25, -0.2) is 9.59 Å². The molecule has 3 heterocycles. The quantitative estimate of drug-likeness (QED) is 0.0497. The topological polar surface area (TPSA) is 278 Å². The van der Waals surface area contributed by atoms with Crippen LogP contribution in [0.5, 0.6) is 0 Å². The average Bonchev–Trinajstić information content (AvgIpc) is 3.55. The van der Waals surface area contributed by atoms with Gasteiger partial charge in [0.1, 0.15) is 35.9 Å². The number of ketones is 1. The third-order valence-electron chi connectivity index (χ3n) is 16.5. The number of carbonyl (C=O) groups is 7. The maximum atomic E-state index is 15.6. The Hall–Kier alpha value is -5.77. The van der Waals surface area contributed by atoms with Crippen molar-refractivity contribution in [1.82, 2.24) is 5.32 Å². The number of methoxy groups -OCH3 is 1. The van der Waals surface area contributed by atoms with Crippen LogP contribution in [0.2, 0.25) is 0 Å². The summed E-state index contributed by atoms with van der Waals surface area (Å²) in [6.07, 6.45) is -0.238. The van der Waals surface area contributed by atoms with E-state index in [9.17, 15) is 44.0 Å². The van der Waals surface area contributed by atoms with Crippen LogP contribution < -0.4 is 5.32 Å². The second-order valence-corrected chi connectivity index (χ2v) is 21.7. The molecule has 406 valence electrons. The fraction of sp³-hybridized carbons (Fsp3) is 0.679. The molecule has 4 aliphatic carbocycles. The van der Waals surface area contributed by atoms with E-state index in [1.165, 1.54) is 26.8 Å². The van der Waals surface area contributed by atoms with E-state index < -0.39 is 160 Å². The standard InChI is InChI=1S/C53H70N2O19/c1-24-13-16-37(72-41-22-51(10,55(64)65)46(29(6)68-41)54-50(63)66-12)25(2)18-36-38(69-30(7)57)19-33(23-56)21-53(36)48(61)42(49(62)74-53)47(60)52(11)35(24)15-14-34-43(52)26(3)17-27(4)44(34)73-40-20-39(70-31(8)58)45(28(5)67-40)71-32(9)59/h13-15,18-19,23,26-29,34-41,43-46,60H,16-17,20-22H2,1-12H3,(H,54,63)/b24-13+,25-18+,47-42-/t26-,27-,28-,29+,34-,35-,36+,37-,38-,39-,40-,41-,43+,44-,45-,46-,51-,52+,53-/m0/s1. The van der Waals surface area contributed by atoms with Crippen LogP contribution in [0.15, 0.2) is 58.4 Å². The SMILES string of the molecule is COC(=O)N[C@H]1[C@@H](C)O[C@@H](O[C@H]2C/C=C(\C)[C@@H]3C=C[C@@H]4[C@@H](O[C@H]5C[C@H](OC(C)=O)[C@@H](OC(C)=O)[C@H](C)O5)[C@@H](C)C[C@H](C)[C@H]4[C@]3(C)/C(O)=C3/C(=O)O[C@]4(CC(C=O)=C[C@H](OC(C)=O)[C@H]4/C=C/2C)C3=O)C[C@]1(C)[N+](=O)[O-]. The van der Waals surface area contributed by atoms with Crippen molar-refractivity contribution < 1.29 is 86.2 Å². The summed E-state index contributed by atoms with van der Waals surface area (Å²) < 4.78 is 54.1. The molecule has 19 atom stereocenters. The number of carbonyl (C=O) groups excluding carboxylic acids is 7. The normalized spacial score (nSPS) is 43.4. The molecule has 0 unspecified atom stereocenters. The molecule has 4 fully saturated rings. The number of fused-ring (bicyclic) bond motifs is 4. The number of hydrogen-bond acceptors (Lipinski definition) is 19. The van der Waals surface area contributed by atoms with E-state index in [4.69, 9.17) is 42.6 Å². The molecule has 0 aromatic heterocycles. The fourth-order valence-electron chi connectivity index (χ4n) is 13.3. The van der Waals surface area contributed by atoms with Crippen LogP contribution in [0.3, 0.4) is 0 Å². The first kappa shape index (κ1) is 56.0. The minimum Gasteiger partial charge on any atom is -0.511 e. The number of esters is 4. The molecule has 7 aliphatic rings. The number of nitrogens with zero attached hydrogens (tertiary/aromatic N) is 1. The van der Waals surface area contributed by atoms with Crippen LogP contribution in [0.1, 0.15) is 108 Å². The number of aliphatic hydroxyl groups is 1. The van der Waals surface area contributed by atoms with E-state index in [0.717, 1.165) is 14.0 Å². The predicted molar refractivity (Wildman–Crippen MR) is 258 cm³/mol. The van der Waals surface area contributed by atoms with Crippen LogP contribution in [0.25, 0.3) is 0 Å². The lowest BCUT2D eigenvalue weighted by molar-refractivity contribution is -0.584. The minimum atomic E-state index is -2.22. The summed E-state index contributed by atoms with van der Waals surface area (Å²) in [6, 6.07) is -1.13. The Morgan fingerprint density at radius 3 is 2.15 bits per heavy atom. The van der Waals surface area contributed by atoms with E-state index in [2.05, 4.69) is 5.32 Å². The zero-order valence-corrected chi connectivity index (χ0v) is 44.0. The maximum Gasteiger partial charge on any atom is 0.407 e. The molecule has 21 nitrogen and oxygen atoms in total. The van der Waals surface area contributed by atoms with Crippen LogP contribution in [0, 0.1) is 51.0 Å². The van der Waals surface area contributed by atoms with Crippen LogP contribution in [0.4, 0.5) is 4.79 Å². The zero-order chi connectivity index (χ0) is 54.5. The van der Waals surface area contributed by atoms with Crippen molar-refractivity contribution in [2.45, 2.75) is 181 Å². The van der Waals surface area contributed by atoms with Crippen LogP contribution in [-0.2, 0) is 71.4 Å². The average molecular weight is 1040 g/mol. The number of hydrogen-bond donors (Lipinski definition) is 2. The predicted octanol–water partition coefficient (Wildman–Crippen LogP) is 5.80. The Morgan fingerprint density at radius 2 is 1.53 bits per heavy atom. The summed E-state index contributed by atoms with van der Waals surface area (Å²) in [5.74, 6) is -7.85.